The lowest BCUT2D eigenvalue weighted by atomic mass is 9.97. The lowest BCUT2D eigenvalue weighted by molar-refractivity contribution is 0.260. The molecule has 1 rings (SSSR count). The number of likely N-dealkylation sites (N-methyl/N-ethyl adjacent to an activating group) is 1. The lowest BCUT2D eigenvalue weighted by Gasteiger charge is -2.36. The summed E-state index contributed by atoms with van der Waals surface area (Å²) in [5, 5.41) is 11.9. The highest BCUT2D eigenvalue weighted by Crippen LogP contribution is 2.18. The summed E-state index contributed by atoms with van der Waals surface area (Å²) in [4.78, 5) is 2.28. The van der Waals surface area contributed by atoms with E-state index in [4.69, 9.17) is 5.41 Å². The van der Waals surface area contributed by atoms with Gasteiger partial charge in [0.05, 0.1) is 6.04 Å². The van der Waals surface area contributed by atoms with Crippen molar-refractivity contribution in [3.63, 3.8) is 0 Å². The molecule has 17 heavy (non-hydrogen) atoms. The molecule has 1 aliphatic heterocycles. The van der Waals surface area contributed by atoms with Gasteiger partial charge >= 0.3 is 0 Å². The van der Waals surface area contributed by atoms with Gasteiger partial charge in [0.1, 0.15) is 5.84 Å². The van der Waals surface area contributed by atoms with Crippen LogP contribution in [0.4, 0.5) is 0 Å². The van der Waals surface area contributed by atoms with E-state index in [-0.39, 0.29) is 6.04 Å². The van der Waals surface area contributed by atoms with E-state index in [2.05, 4.69) is 37.9 Å². The molecule has 0 saturated carbocycles. The standard InChI is InChI=1S/C14H29N3/c1-5-16-13(9-11(2)3)14(15)17-8-6-7-12(4)10-17/h11-13,15-16H,5-10H2,1-4H3. The van der Waals surface area contributed by atoms with Crippen molar-refractivity contribution in [1.82, 2.24) is 10.2 Å². The highest BCUT2D eigenvalue weighted by molar-refractivity contribution is 5.84. The van der Waals surface area contributed by atoms with Gasteiger partial charge in [-0.25, -0.2) is 0 Å². The zero-order valence-electron chi connectivity index (χ0n) is 11.9. The fraction of sp³-hybridized carbons (Fsp3) is 0.929. The van der Waals surface area contributed by atoms with Gasteiger partial charge < -0.3 is 10.2 Å². The van der Waals surface area contributed by atoms with Gasteiger partial charge in [-0.2, -0.15) is 0 Å². The predicted molar refractivity (Wildman–Crippen MR) is 74.6 cm³/mol. The van der Waals surface area contributed by atoms with Crippen LogP contribution in [0.1, 0.15) is 47.0 Å². The van der Waals surface area contributed by atoms with Crippen molar-refractivity contribution in [2.75, 3.05) is 19.6 Å². The van der Waals surface area contributed by atoms with Crippen molar-refractivity contribution in [2.24, 2.45) is 11.8 Å². The van der Waals surface area contributed by atoms with E-state index < -0.39 is 0 Å². The Morgan fingerprint density at radius 3 is 2.71 bits per heavy atom. The summed E-state index contributed by atoms with van der Waals surface area (Å²) in [6.45, 7) is 12.0. The number of likely N-dealkylation sites (tertiary alicyclic amines) is 1. The zero-order chi connectivity index (χ0) is 12.8. The Kier molecular flexibility index (Phi) is 5.96. The number of hydrogen-bond donors (Lipinski definition) is 2. The predicted octanol–water partition coefficient (Wildman–Crippen LogP) is 2.72. The van der Waals surface area contributed by atoms with E-state index in [0.29, 0.717) is 5.92 Å². The van der Waals surface area contributed by atoms with Gasteiger partial charge in [-0.15, -0.1) is 0 Å². The number of rotatable bonds is 5. The summed E-state index contributed by atoms with van der Waals surface area (Å²) in [6.07, 6.45) is 3.63. The molecule has 1 heterocycles. The molecule has 1 saturated heterocycles. The van der Waals surface area contributed by atoms with Gasteiger partial charge in [0.15, 0.2) is 0 Å². The number of nitrogens with zero attached hydrogens (tertiary/aromatic N) is 1. The molecule has 3 heteroatoms. The van der Waals surface area contributed by atoms with Crippen LogP contribution >= 0.6 is 0 Å². The van der Waals surface area contributed by atoms with Crippen molar-refractivity contribution < 1.29 is 0 Å². The van der Waals surface area contributed by atoms with Crippen LogP contribution in [0.3, 0.4) is 0 Å². The molecule has 3 nitrogen and oxygen atoms in total. The van der Waals surface area contributed by atoms with Crippen LogP contribution < -0.4 is 5.32 Å². The van der Waals surface area contributed by atoms with Crippen LogP contribution in [0.5, 0.6) is 0 Å². The Bertz CT molecular complexity index is 238. The molecule has 100 valence electrons. The maximum Gasteiger partial charge on any atom is 0.113 e. The zero-order valence-corrected chi connectivity index (χ0v) is 11.9. The largest absolute Gasteiger partial charge is 0.359 e. The van der Waals surface area contributed by atoms with Gasteiger partial charge in [-0.1, -0.05) is 27.7 Å². The fourth-order valence-electron chi connectivity index (χ4n) is 2.64. The van der Waals surface area contributed by atoms with Gasteiger partial charge in [0, 0.05) is 13.1 Å². The molecular weight excluding hydrogens is 210 g/mol. The first-order chi connectivity index (χ1) is 8.04. The molecule has 0 aliphatic carbocycles. The summed E-state index contributed by atoms with van der Waals surface area (Å²) < 4.78 is 0. The van der Waals surface area contributed by atoms with Gasteiger partial charge in [0.25, 0.3) is 0 Å². The van der Waals surface area contributed by atoms with E-state index >= 15 is 0 Å². The second-order valence-electron chi connectivity index (χ2n) is 5.82. The minimum atomic E-state index is 0.241. The van der Waals surface area contributed by atoms with Crippen LogP contribution in [-0.2, 0) is 0 Å². The summed E-state index contributed by atoms with van der Waals surface area (Å²) >= 11 is 0. The van der Waals surface area contributed by atoms with E-state index in [0.717, 1.165) is 37.8 Å². The summed E-state index contributed by atoms with van der Waals surface area (Å²) in [5.74, 6) is 2.19. The first kappa shape index (κ1) is 14.5. The van der Waals surface area contributed by atoms with Gasteiger partial charge in [-0.3, -0.25) is 5.41 Å². The van der Waals surface area contributed by atoms with Crippen molar-refractivity contribution in [3.05, 3.63) is 0 Å². The molecule has 0 spiro atoms. The SMILES string of the molecule is CCNC(CC(C)C)C(=N)N1CCCC(C)C1. The molecule has 0 radical (unpaired) electrons. The number of piperidine rings is 1. The fourth-order valence-corrected chi connectivity index (χ4v) is 2.64. The lowest BCUT2D eigenvalue weighted by Crippen LogP contribution is -2.49. The monoisotopic (exact) mass is 239 g/mol. The Morgan fingerprint density at radius 2 is 2.18 bits per heavy atom. The van der Waals surface area contributed by atoms with E-state index in [1.807, 2.05) is 0 Å². The average Bonchev–Trinajstić information content (AvgIpc) is 2.27. The molecule has 0 aromatic heterocycles. The van der Waals surface area contributed by atoms with Crippen LogP contribution in [0.2, 0.25) is 0 Å². The van der Waals surface area contributed by atoms with Crippen molar-refractivity contribution in [2.45, 2.75) is 53.0 Å². The van der Waals surface area contributed by atoms with E-state index in [9.17, 15) is 0 Å². The average molecular weight is 239 g/mol. The van der Waals surface area contributed by atoms with Crippen molar-refractivity contribution in [1.29, 1.82) is 5.41 Å². The van der Waals surface area contributed by atoms with Gasteiger partial charge in [0.2, 0.25) is 0 Å². The number of nitrogens with one attached hydrogen (secondary N) is 2. The number of amidine groups is 1. The molecular formula is C14H29N3. The van der Waals surface area contributed by atoms with Crippen LogP contribution in [-0.4, -0.2) is 36.4 Å². The van der Waals surface area contributed by atoms with Crippen LogP contribution in [0.25, 0.3) is 0 Å². The Balaban J connectivity index is 2.56. The van der Waals surface area contributed by atoms with Crippen LogP contribution in [0, 0.1) is 17.2 Å². The smallest absolute Gasteiger partial charge is 0.113 e. The summed E-state index contributed by atoms with van der Waals surface area (Å²) in [7, 11) is 0. The Labute approximate surface area is 106 Å². The summed E-state index contributed by atoms with van der Waals surface area (Å²) in [6, 6.07) is 0.241. The third kappa shape index (κ3) is 4.66. The second kappa shape index (κ2) is 7.00. The number of hydrogen-bond acceptors (Lipinski definition) is 2. The van der Waals surface area contributed by atoms with Crippen molar-refractivity contribution >= 4 is 5.84 Å². The van der Waals surface area contributed by atoms with Crippen molar-refractivity contribution in [3.8, 4) is 0 Å². The Hall–Kier alpha value is -0.570. The molecule has 2 N–H and O–H groups in total. The second-order valence-corrected chi connectivity index (χ2v) is 5.82. The maximum atomic E-state index is 8.39. The summed E-state index contributed by atoms with van der Waals surface area (Å²) in [5.41, 5.74) is 0. The third-order valence-electron chi connectivity index (χ3n) is 3.49. The first-order valence-corrected chi connectivity index (χ1v) is 7.11. The molecule has 0 aromatic carbocycles. The first-order valence-electron chi connectivity index (χ1n) is 7.11. The molecule has 1 aliphatic rings. The third-order valence-corrected chi connectivity index (χ3v) is 3.49. The minimum absolute atomic E-state index is 0.241. The highest BCUT2D eigenvalue weighted by Gasteiger charge is 2.24. The van der Waals surface area contributed by atoms with E-state index in [1.165, 1.54) is 12.8 Å². The van der Waals surface area contributed by atoms with E-state index in [1.54, 1.807) is 0 Å². The normalized spacial score (nSPS) is 22.9. The van der Waals surface area contributed by atoms with Gasteiger partial charge in [-0.05, 0) is 37.6 Å². The highest BCUT2D eigenvalue weighted by atomic mass is 15.2. The molecule has 0 amide bonds. The molecule has 0 aromatic rings. The molecule has 2 atom stereocenters. The maximum absolute atomic E-state index is 8.39. The van der Waals surface area contributed by atoms with Crippen LogP contribution in [0.15, 0.2) is 0 Å². The molecule has 1 fully saturated rings. The Morgan fingerprint density at radius 1 is 1.47 bits per heavy atom. The molecule has 2 unspecified atom stereocenters. The molecule has 0 bridgehead atoms. The topological polar surface area (TPSA) is 39.1 Å². The quantitative estimate of drug-likeness (QED) is 0.572. The minimum Gasteiger partial charge on any atom is -0.359 e.